The second-order valence-electron chi connectivity index (χ2n) is 3.78. The van der Waals surface area contributed by atoms with Gasteiger partial charge in [-0.2, -0.15) is 4.39 Å². The van der Waals surface area contributed by atoms with Gasteiger partial charge in [0.1, 0.15) is 0 Å². The van der Waals surface area contributed by atoms with Gasteiger partial charge in [0, 0.05) is 10.7 Å². The number of aromatic nitrogens is 1. The molecule has 1 amide bonds. The molecule has 1 N–H and O–H groups in total. The predicted molar refractivity (Wildman–Crippen MR) is 71.0 cm³/mol. The molecule has 1 aromatic carbocycles. The number of pyridine rings is 1. The lowest BCUT2D eigenvalue weighted by Crippen LogP contribution is -2.14. The molecule has 0 aliphatic carbocycles. The summed E-state index contributed by atoms with van der Waals surface area (Å²) in [7, 11) is 0. The lowest BCUT2D eigenvalue weighted by atomic mass is 10.2. The summed E-state index contributed by atoms with van der Waals surface area (Å²) in [6.07, 6.45) is 1.30. The lowest BCUT2D eigenvalue weighted by molar-refractivity contribution is 0.102. The van der Waals surface area contributed by atoms with Crippen LogP contribution in [-0.2, 0) is 0 Å². The Kier molecular flexibility index (Phi) is 3.72. The van der Waals surface area contributed by atoms with E-state index in [4.69, 9.17) is 0 Å². The summed E-state index contributed by atoms with van der Waals surface area (Å²) in [6.45, 7) is 1.94. The Morgan fingerprint density at radius 2 is 2.17 bits per heavy atom. The van der Waals surface area contributed by atoms with Crippen LogP contribution >= 0.6 is 15.9 Å². The van der Waals surface area contributed by atoms with E-state index in [0.29, 0.717) is 5.69 Å². The van der Waals surface area contributed by atoms with Gasteiger partial charge in [0.2, 0.25) is 5.95 Å². The van der Waals surface area contributed by atoms with E-state index in [0.717, 1.165) is 10.0 Å². The third-order valence-corrected chi connectivity index (χ3v) is 3.03. The Morgan fingerprint density at radius 1 is 1.39 bits per heavy atom. The Labute approximate surface area is 112 Å². The van der Waals surface area contributed by atoms with Crippen LogP contribution in [0.5, 0.6) is 0 Å². The third-order valence-electron chi connectivity index (χ3n) is 2.38. The van der Waals surface area contributed by atoms with Crippen molar-refractivity contribution in [3.05, 3.63) is 58.1 Å². The van der Waals surface area contributed by atoms with Gasteiger partial charge in [-0.3, -0.25) is 4.79 Å². The Morgan fingerprint density at radius 3 is 2.83 bits per heavy atom. The molecule has 0 unspecified atom stereocenters. The van der Waals surface area contributed by atoms with Crippen molar-refractivity contribution in [2.24, 2.45) is 0 Å². The van der Waals surface area contributed by atoms with Gasteiger partial charge in [-0.15, -0.1) is 0 Å². The first-order valence-electron chi connectivity index (χ1n) is 5.26. The number of carbonyl (C=O) groups is 1. The standard InChI is InChI=1S/C13H10BrFN2O/c1-8-4-5-11(10(14)7-8)17-13(18)9-3-2-6-16-12(9)15/h2-7H,1H3,(H,17,18). The number of aryl methyl sites for hydroxylation is 1. The van der Waals surface area contributed by atoms with Crippen LogP contribution in [0.15, 0.2) is 41.0 Å². The predicted octanol–water partition coefficient (Wildman–Crippen LogP) is 3.54. The number of amides is 1. The fourth-order valence-corrected chi connectivity index (χ4v) is 2.06. The van der Waals surface area contributed by atoms with Crippen molar-refractivity contribution >= 4 is 27.5 Å². The van der Waals surface area contributed by atoms with Crippen molar-refractivity contribution in [1.82, 2.24) is 4.98 Å². The number of carbonyl (C=O) groups excluding carboxylic acids is 1. The van der Waals surface area contributed by atoms with Crippen LogP contribution in [0.1, 0.15) is 15.9 Å². The maximum Gasteiger partial charge on any atom is 0.260 e. The molecule has 0 saturated heterocycles. The SMILES string of the molecule is Cc1ccc(NC(=O)c2cccnc2F)c(Br)c1. The number of rotatable bonds is 2. The summed E-state index contributed by atoms with van der Waals surface area (Å²) in [5.41, 5.74) is 1.58. The quantitative estimate of drug-likeness (QED) is 0.862. The first-order valence-corrected chi connectivity index (χ1v) is 6.05. The smallest absolute Gasteiger partial charge is 0.260 e. The molecule has 1 heterocycles. The number of hydrogen-bond donors (Lipinski definition) is 1. The molecule has 0 spiro atoms. The van der Waals surface area contributed by atoms with Crippen LogP contribution in [0.3, 0.4) is 0 Å². The molecule has 18 heavy (non-hydrogen) atoms. The topological polar surface area (TPSA) is 42.0 Å². The van der Waals surface area contributed by atoms with Gasteiger partial charge in [0.25, 0.3) is 5.91 Å². The van der Waals surface area contributed by atoms with Crippen LogP contribution in [0.4, 0.5) is 10.1 Å². The number of nitrogens with zero attached hydrogens (tertiary/aromatic N) is 1. The van der Waals surface area contributed by atoms with Crippen molar-refractivity contribution in [2.75, 3.05) is 5.32 Å². The van der Waals surface area contributed by atoms with Gasteiger partial charge in [-0.05, 0) is 52.7 Å². The van der Waals surface area contributed by atoms with Crippen LogP contribution in [-0.4, -0.2) is 10.9 Å². The van der Waals surface area contributed by atoms with E-state index in [-0.39, 0.29) is 5.56 Å². The summed E-state index contributed by atoms with van der Waals surface area (Å²) in [6, 6.07) is 8.39. The zero-order valence-electron chi connectivity index (χ0n) is 9.58. The van der Waals surface area contributed by atoms with Gasteiger partial charge in [-0.25, -0.2) is 4.98 Å². The zero-order valence-corrected chi connectivity index (χ0v) is 11.2. The minimum Gasteiger partial charge on any atom is -0.321 e. The Hall–Kier alpha value is -1.75. The van der Waals surface area contributed by atoms with E-state index in [1.54, 1.807) is 6.07 Å². The molecular formula is C13H10BrFN2O. The van der Waals surface area contributed by atoms with E-state index in [2.05, 4.69) is 26.2 Å². The van der Waals surface area contributed by atoms with Crippen LogP contribution in [0.2, 0.25) is 0 Å². The van der Waals surface area contributed by atoms with Crippen molar-refractivity contribution in [1.29, 1.82) is 0 Å². The molecule has 0 fully saturated rings. The van der Waals surface area contributed by atoms with Gasteiger partial charge in [0.05, 0.1) is 11.3 Å². The normalized spacial score (nSPS) is 10.2. The van der Waals surface area contributed by atoms with Crippen molar-refractivity contribution in [3.8, 4) is 0 Å². The number of benzene rings is 1. The molecule has 0 atom stereocenters. The number of halogens is 2. The minimum atomic E-state index is -0.779. The summed E-state index contributed by atoms with van der Waals surface area (Å²) < 4.78 is 14.1. The molecule has 0 radical (unpaired) electrons. The highest BCUT2D eigenvalue weighted by atomic mass is 79.9. The average Bonchev–Trinajstić information content (AvgIpc) is 2.33. The molecule has 0 aliphatic rings. The first kappa shape index (κ1) is 12.7. The van der Waals surface area contributed by atoms with Crippen molar-refractivity contribution in [3.63, 3.8) is 0 Å². The van der Waals surface area contributed by atoms with Crippen molar-refractivity contribution < 1.29 is 9.18 Å². The molecule has 0 saturated carbocycles. The molecule has 2 rings (SSSR count). The molecule has 1 aromatic heterocycles. The van der Waals surface area contributed by atoms with E-state index in [1.807, 2.05) is 19.1 Å². The van der Waals surface area contributed by atoms with E-state index in [1.165, 1.54) is 18.3 Å². The molecule has 92 valence electrons. The zero-order chi connectivity index (χ0) is 13.1. The molecular weight excluding hydrogens is 299 g/mol. The minimum absolute atomic E-state index is 0.0787. The summed E-state index contributed by atoms with van der Waals surface area (Å²) >= 11 is 3.34. The molecule has 5 heteroatoms. The van der Waals surface area contributed by atoms with Crippen LogP contribution < -0.4 is 5.32 Å². The van der Waals surface area contributed by atoms with Gasteiger partial charge >= 0.3 is 0 Å². The average molecular weight is 309 g/mol. The fourth-order valence-electron chi connectivity index (χ4n) is 1.47. The summed E-state index contributed by atoms with van der Waals surface area (Å²) in [5.74, 6) is -1.30. The summed E-state index contributed by atoms with van der Waals surface area (Å²) in [4.78, 5) is 15.3. The monoisotopic (exact) mass is 308 g/mol. The van der Waals surface area contributed by atoms with E-state index in [9.17, 15) is 9.18 Å². The van der Waals surface area contributed by atoms with Crippen LogP contribution in [0.25, 0.3) is 0 Å². The lowest BCUT2D eigenvalue weighted by Gasteiger charge is -2.08. The highest BCUT2D eigenvalue weighted by Gasteiger charge is 2.13. The molecule has 3 nitrogen and oxygen atoms in total. The largest absolute Gasteiger partial charge is 0.321 e. The molecule has 2 aromatic rings. The van der Waals surface area contributed by atoms with Gasteiger partial charge in [0.15, 0.2) is 0 Å². The third kappa shape index (κ3) is 2.73. The van der Waals surface area contributed by atoms with Gasteiger partial charge < -0.3 is 5.32 Å². The molecule has 0 bridgehead atoms. The Bertz CT molecular complexity index is 601. The maximum absolute atomic E-state index is 13.3. The highest BCUT2D eigenvalue weighted by molar-refractivity contribution is 9.10. The first-order chi connectivity index (χ1) is 8.58. The van der Waals surface area contributed by atoms with Crippen molar-refractivity contribution in [2.45, 2.75) is 6.92 Å². The number of hydrogen-bond acceptors (Lipinski definition) is 2. The van der Waals surface area contributed by atoms with E-state index >= 15 is 0 Å². The van der Waals surface area contributed by atoms with Crippen LogP contribution in [0, 0.1) is 12.9 Å². The highest BCUT2D eigenvalue weighted by Crippen LogP contribution is 2.24. The van der Waals surface area contributed by atoms with Gasteiger partial charge in [-0.1, -0.05) is 6.07 Å². The maximum atomic E-state index is 13.3. The van der Waals surface area contributed by atoms with E-state index < -0.39 is 11.9 Å². The fraction of sp³-hybridized carbons (Fsp3) is 0.0769. The summed E-state index contributed by atoms with van der Waals surface area (Å²) in [5, 5.41) is 2.63. The second-order valence-corrected chi connectivity index (χ2v) is 4.63. The number of nitrogens with one attached hydrogen (secondary N) is 1. The molecule has 0 aliphatic heterocycles. The second kappa shape index (κ2) is 5.27. The number of anilines is 1. The Balaban J connectivity index is 2.24.